The molecule has 4 nitrogen and oxygen atoms in total. The Morgan fingerprint density at radius 1 is 1.07 bits per heavy atom. The van der Waals surface area contributed by atoms with Gasteiger partial charge in [-0.05, 0) is 35.6 Å². The summed E-state index contributed by atoms with van der Waals surface area (Å²) in [7, 11) is 1.68. The standard InChI is InChI=1S/C22H24Cl2N2O2/c1-28-20-8-3-2-6-16(20)17-13-18(17)22(27)26-11-9-25(10-12-26)14-15-5-4-7-19(23)21(15)24/h2-8,17-18H,9-14H2,1H3. The second-order valence-electron chi connectivity index (χ2n) is 7.51. The summed E-state index contributed by atoms with van der Waals surface area (Å²) < 4.78 is 5.46. The number of nitrogens with zero attached hydrogens (tertiary/aromatic N) is 2. The van der Waals surface area contributed by atoms with Gasteiger partial charge in [0.1, 0.15) is 5.75 Å². The molecule has 28 heavy (non-hydrogen) atoms. The van der Waals surface area contributed by atoms with Crippen molar-refractivity contribution in [1.82, 2.24) is 9.80 Å². The van der Waals surface area contributed by atoms with Crippen LogP contribution in [0.3, 0.4) is 0 Å². The molecule has 2 aromatic carbocycles. The molecule has 1 amide bonds. The van der Waals surface area contributed by atoms with Gasteiger partial charge in [0.25, 0.3) is 0 Å². The average molecular weight is 419 g/mol. The summed E-state index contributed by atoms with van der Waals surface area (Å²) >= 11 is 12.4. The third kappa shape index (κ3) is 4.00. The molecule has 2 unspecified atom stereocenters. The van der Waals surface area contributed by atoms with Gasteiger partial charge in [-0.15, -0.1) is 0 Å². The Morgan fingerprint density at radius 3 is 2.57 bits per heavy atom. The van der Waals surface area contributed by atoms with Crippen molar-refractivity contribution in [3.63, 3.8) is 0 Å². The highest BCUT2D eigenvalue weighted by atomic mass is 35.5. The van der Waals surface area contributed by atoms with Gasteiger partial charge in [-0.3, -0.25) is 9.69 Å². The van der Waals surface area contributed by atoms with Gasteiger partial charge in [-0.2, -0.15) is 0 Å². The van der Waals surface area contributed by atoms with E-state index in [1.807, 2.05) is 35.2 Å². The van der Waals surface area contributed by atoms with Crippen LogP contribution in [0.4, 0.5) is 0 Å². The van der Waals surface area contributed by atoms with E-state index in [1.165, 1.54) is 0 Å². The van der Waals surface area contributed by atoms with Gasteiger partial charge in [0.2, 0.25) is 5.91 Å². The number of para-hydroxylation sites is 1. The summed E-state index contributed by atoms with van der Waals surface area (Å²) in [5.74, 6) is 1.53. The summed E-state index contributed by atoms with van der Waals surface area (Å²) in [5, 5.41) is 1.21. The zero-order valence-electron chi connectivity index (χ0n) is 15.9. The molecular formula is C22H24Cl2N2O2. The van der Waals surface area contributed by atoms with Crippen molar-refractivity contribution in [2.24, 2.45) is 5.92 Å². The van der Waals surface area contributed by atoms with Crippen molar-refractivity contribution in [2.75, 3.05) is 33.3 Å². The van der Waals surface area contributed by atoms with Gasteiger partial charge in [-0.25, -0.2) is 0 Å². The molecule has 2 aromatic rings. The van der Waals surface area contributed by atoms with Crippen LogP contribution in [0.2, 0.25) is 10.0 Å². The minimum atomic E-state index is 0.0882. The Balaban J connectivity index is 1.32. The first-order chi connectivity index (χ1) is 13.6. The summed E-state index contributed by atoms with van der Waals surface area (Å²) in [6, 6.07) is 13.8. The molecule has 1 aliphatic carbocycles. The van der Waals surface area contributed by atoms with E-state index in [1.54, 1.807) is 13.2 Å². The molecule has 1 saturated heterocycles. The number of methoxy groups -OCH3 is 1. The molecule has 0 radical (unpaired) electrons. The summed E-state index contributed by atoms with van der Waals surface area (Å²) in [4.78, 5) is 17.3. The summed E-state index contributed by atoms with van der Waals surface area (Å²) in [5.41, 5.74) is 2.19. The number of amides is 1. The Labute approximate surface area is 176 Å². The monoisotopic (exact) mass is 418 g/mol. The minimum absolute atomic E-state index is 0.0882. The number of ether oxygens (including phenoxy) is 1. The maximum Gasteiger partial charge on any atom is 0.226 e. The van der Waals surface area contributed by atoms with Gasteiger partial charge in [0.15, 0.2) is 0 Å². The van der Waals surface area contributed by atoms with Crippen LogP contribution < -0.4 is 4.74 Å². The first-order valence-corrected chi connectivity index (χ1v) is 10.4. The Bertz CT molecular complexity index is 865. The van der Waals surface area contributed by atoms with Crippen molar-refractivity contribution in [3.05, 3.63) is 63.6 Å². The molecule has 2 fully saturated rings. The lowest BCUT2D eigenvalue weighted by atomic mass is 10.1. The van der Waals surface area contributed by atoms with E-state index in [9.17, 15) is 4.79 Å². The fraction of sp³-hybridized carbons (Fsp3) is 0.409. The van der Waals surface area contributed by atoms with Gasteiger partial charge < -0.3 is 9.64 Å². The quantitative estimate of drug-likeness (QED) is 0.718. The maximum absolute atomic E-state index is 12.9. The molecule has 4 rings (SSSR count). The molecule has 1 aliphatic heterocycles. The van der Waals surface area contributed by atoms with E-state index in [0.29, 0.717) is 10.0 Å². The maximum atomic E-state index is 12.9. The van der Waals surface area contributed by atoms with Crippen LogP contribution in [-0.4, -0.2) is 49.0 Å². The predicted octanol–water partition coefficient (Wildman–Crippen LogP) is 4.45. The van der Waals surface area contributed by atoms with Crippen LogP contribution in [0.25, 0.3) is 0 Å². The Hall–Kier alpha value is -1.75. The molecule has 1 saturated carbocycles. The molecule has 0 N–H and O–H groups in total. The molecule has 1 heterocycles. The molecule has 0 bridgehead atoms. The van der Waals surface area contributed by atoms with Gasteiger partial charge in [0, 0.05) is 38.6 Å². The summed E-state index contributed by atoms with van der Waals surface area (Å²) in [6.45, 7) is 3.97. The first-order valence-electron chi connectivity index (χ1n) is 9.65. The summed E-state index contributed by atoms with van der Waals surface area (Å²) in [6.07, 6.45) is 0.914. The fourth-order valence-corrected chi connectivity index (χ4v) is 4.44. The van der Waals surface area contributed by atoms with Crippen molar-refractivity contribution in [2.45, 2.75) is 18.9 Å². The van der Waals surface area contributed by atoms with E-state index in [0.717, 1.165) is 56.0 Å². The molecular weight excluding hydrogens is 395 g/mol. The minimum Gasteiger partial charge on any atom is -0.496 e. The highest BCUT2D eigenvalue weighted by molar-refractivity contribution is 6.42. The number of piperazine rings is 1. The van der Waals surface area contributed by atoms with E-state index in [-0.39, 0.29) is 17.7 Å². The number of rotatable bonds is 5. The molecule has 0 spiro atoms. The average Bonchev–Trinajstić information content (AvgIpc) is 3.52. The second-order valence-corrected chi connectivity index (χ2v) is 8.29. The number of hydrogen-bond acceptors (Lipinski definition) is 3. The van der Waals surface area contributed by atoms with Gasteiger partial charge in [0.05, 0.1) is 17.2 Å². The number of benzene rings is 2. The van der Waals surface area contributed by atoms with E-state index < -0.39 is 0 Å². The molecule has 2 atom stereocenters. The van der Waals surface area contributed by atoms with Gasteiger partial charge in [-0.1, -0.05) is 53.5 Å². The second kappa shape index (κ2) is 8.32. The normalized spacial score (nSPS) is 22.2. The third-order valence-corrected chi connectivity index (χ3v) is 6.61. The van der Waals surface area contributed by atoms with E-state index in [2.05, 4.69) is 11.0 Å². The van der Waals surface area contributed by atoms with Crippen molar-refractivity contribution >= 4 is 29.1 Å². The number of hydrogen-bond donors (Lipinski definition) is 0. The third-order valence-electron chi connectivity index (χ3n) is 5.76. The predicted molar refractivity (Wildman–Crippen MR) is 112 cm³/mol. The van der Waals surface area contributed by atoms with E-state index >= 15 is 0 Å². The highest BCUT2D eigenvalue weighted by Gasteiger charge is 2.47. The Morgan fingerprint density at radius 2 is 1.82 bits per heavy atom. The van der Waals surface area contributed by atoms with Crippen LogP contribution in [0, 0.1) is 5.92 Å². The smallest absolute Gasteiger partial charge is 0.226 e. The largest absolute Gasteiger partial charge is 0.496 e. The SMILES string of the molecule is COc1ccccc1C1CC1C(=O)N1CCN(Cc2cccc(Cl)c2Cl)CC1. The lowest BCUT2D eigenvalue weighted by molar-refractivity contribution is -0.134. The van der Waals surface area contributed by atoms with Crippen LogP contribution in [0.1, 0.15) is 23.5 Å². The number of carbonyl (C=O) groups excluding carboxylic acids is 1. The zero-order chi connectivity index (χ0) is 19.7. The Kier molecular flexibility index (Phi) is 5.81. The molecule has 2 aliphatic rings. The number of halogens is 2. The molecule has 6 heteroatoms. The zero-order valence-corrected chi connectivity index (χ0v) is 17.4. The molecule has 0 aromatic heterocycles. The fourth-order valence-electron chi connectivity index (χ4n) is 4.06. The van der Waals surface area contributed by atoms with Crippen LogP contribution in [0.15, 0.2) is 42.5 Å². The van der Waals surface area contributed by atoms with Crippen LogP contribution in [0.5, 0.6) is 5.75 Å². The van der Waals surface area contributed by atoms with Crippen molar-refractivity contribution in [1.29, 1.82) is 0 Å². The highest BCUT2D eigenvalue weighted by Crippen LogP contribution is 2.51. The van der Waals surface area contributed by atoms with Gasteiger partial charge >= 0.3 is 0 Å². The lowest BCUT2D eigenvalue weighted by Crippen LogP contribution is -2.48. The van der Waals surface area contributed by atoms with Crippen LogP contribution in [-0.2, 0) is 11.3 Å². The molecule has 148 valence electrons. The van der Waals surface area contributed by atoms with Crippen LogP contribution >= 0.6 is 23.2 Å². The first kappa shape index (κ1) is 19.6. The topological polar surface area (TPSA) is 32.8 Å². The van der Waals surface area contributed by atoms with E-state index in [4.69, 9.17) is 27.9 Å². The number of carbonyl (C=O) groups is 1. The van der Waals surface area contributed by atoms with Crippen molar-refractivity contribution in [3.8, 4) is 5.75 Å². The van der Waals surface area contributed by atoms with Crippen molar-refractivity contribution < 1.29 is 9.53 Å². The lowest BCUT2D eigenvalue weighted by Gasteiger charge is -2.35.